The highest BCUT2D eigenvalue weighted by molar-refractivity contribution is 5.16. The van der Waals surface area contributed by atoms with Crippen molar-refractivity contribution in [1.82, 2.24) is 0 Å². The fourth-order valence-electron chi connectivity index (χ4n) is 1.67. The van der Waals surface area contributed by atoms with Crippen LogP contribution in [-0.2, 0) is 9.47 Å². The number of hydrogen-bond acceptors (Lipinski definition) is 2. The number of ether oxygens (including phenoxy) is 2. The van der Waals surface area contributed by atoms with Crippen molar-refractivity contribution in [2.24, 2.45) is 0 Å². The molecule has 2 heteroatoms. The molecule has 14 heavy (non-hydrogen) atoms. The van der Waals surface area contributed by atoms with Crippen LogP contribution in [0.25, 0.3) is 0 Å². The Balaban J connectivity index is 2.12. The second-order valence-corrected chi connectivity index (χ2v) is 3.96. The lowest BCUT2D eigenvalue weighted by Gasteiger charge is -2.36. The molecule has 2 rings (SSSR count). The average molecular weight is 191 g/mol. The summed E-state index contributed by atoms with van der Waals surface area (Å²) < 4.78 is 11.3. The highest BCUT2D eigenvalue weighted by Gasteiger charge is 2.29. The Kier molecular flexibility index (Phi) is 2.57. The number of benzene rings is 1. The predicted octanol–water partition coefficient (Wildman–Crippen LogP) is 2.70. The Hall–Kier alpha value is -0.860. The van der Waals surface area contributed by atoms with Crippen LogP contribution in [0.1, 0.15) is 31.9 Å². The molecule has 1 atom stereocenters. The second kappa shape index (κ2) is 3.71. The largest absolute Gasteiger partial charge is 0.350 e. The summed E-state index contributed by atoms with van der Waals surface area (Å²) in [5.41, 5.74) is 1.11. The van der Waals surface area contributed by atoms with Gasteiger partial charge in [-0.25, -0.2) is 0 Å². The van der Waals surface area contributed by atoms with E-state index in [0.29, 0.717) is 0 Å². The number of rotatable bonds is 1. The standard InChI is InChI=1S/C12H15O2/c1-12(2)13-9-8-11(14-12)10-6-4-3-5-7-10/h3-6,11H,8-9H2,1-2H3. The molecule has 1 aliphatic heterocycles. The molecule has 2 nitrogen and oxygen atoms in total. The molecule has 0 aromatic heterocycles. The van der Waals surface area contributed by atoms with Crippen molar-refractivity contribution in [2.75, 3.05) is 6.61 Å². The number of hydrogen-bond donors (Lipinski definition) is 0. The van der Waals surface area contributed by atoms with E-state index in [1.807, 2.05) is 38.1 Å². The fourth-order valence-corrected chi connectivity index (χ4v) is 1.67. The molecular formula is C12H15O2. The maximum absolute atomic E-state index is 5.81. The summed E-state index contributed by atoms with van der Waals surface area (Å²) >= 11 is 0. The lowest BCUT2D eigenvalue weighted by atomic mass is 10.1. The quantitative estimate of drug-likeness (QED) is 0.679. The molecule has 1 saturated heterocycles. The molecule has 1 fully saturated rings. The minimum atomic E-state index is -0.466. The van der Waals surface area contributed by atoms with E-state index >= 15 is 0 Å². The molecule has 0 aliphatic carbocycles. The summed E-state index contributed by atoms with van der Waals surface area (Å²) in [6.07, 6.45) is 1.03. The zero-order chi connectivity index (χ0) is 10.0. The van der Waals surface area contributed by atoms with Crippen LogP contribution in [0.15, 0.2) is 24.3 Å². The molecule has 1 aromatic rings. The summed E-state index contributed by atoms with van der Waals surface area (Å²) in [6.45, 7) is 4.64. The van der Waals surface area contributed by atoms with Crippen LogP contribution in [0.2, 0.25) is 0 Å². The van der Waals surface area contributed by atoms with Crippen LogP contribution in [0.4, 0.5) is 0 Å². The molecule has 75 valence electrons. The van der Waals surface area contributed by atoms with Gasteiger partial charge in [0.15, 0.2) is 5.79 Å². The van der Waals surface area contributed by atoms with E-state index in [1.54, 1.807) is 0 Å². The van der Waals surface area contributed by atoms with Crippen LogP contribution in [0, 0.1) is 6.07 Å². The van der Waals surface area contributed by atoms with Gasteiger partial charge in [-0.3, -0.25) is 0 Å². The Bertz CT molecular complexity index is 292. The highest BCUT2D eigenvalue weighted by Crippen LogP contribution is 2.31. The smallest absolute Gasteiger partial charge is 0.163 e. The van der Waals surface area contributed by atoms with Gasteiger partial charge in [0.1, 0.15) is 0 Å². The van der Waals surface area contributed by atoms with Gasteiger partial charge in [-0.2, -0.15) is 0 Å². The van der Waals surface area contributed by atoms with Crippen molar-refractivity contribution in [3.63, 3.8) is 0 Å². The second-order valence-electron chi connectivity index (χ2n) is 3.96. The molecule has 0 amide bonds. The van der Waals surface area contributed by atoms with Crippen molar-refractivity contribution >= 4 is 0 Å². The lowest BCUT2D eigenvalue weighted by molar-refractivity contribution is -0.275. The minimum absolute atomic E-state index is 0.125. The van der Waals surface area contributed by atoms with Crippen LogP contribution in [0.3, 0.4) is 0 Å². The van der Waals surface area contributed by atoms with Crippen molar-refractivity contribution in [3.8, 4) is 0 Å². The summed E-state index contributed by atoms with van der Waals surface area (Å²) in [4.78, 5) is 0. The summed E-state index contributed by atoms with van der Waals surface area (Å²) in [6, 6.07) is 11.1. The topological polar surface area (TPSA) is 18.5 Å². The highest BCUT2D eigenvalue weighted by atomic mass is 16.7. The Labute approximate surface area is 84.8 Å². The van der Waals surface area contributed by atoms with Gasteiger partial charge in [-0.15, -0.1) is 0 Å². The van der Waals surface area contributed by atoms with E-state index < -0.39 is 5.79 Å². The summed E-state index contributed by atoms with van der Waals surface area (Å²) in [7, 11) is 0. The SMILES string of the molecule is CC1(C)OCCC(c2[c]cccc2)O1. The Morgan fingerprint density at radius 1 is 1.43 bits per heavy atom. The summed E-state index contributed by atoms with van der Waals surface area (Å²) in [5, 5.41) is 0. The van der Waals surface area contributed by atoms with Crippen LogP contribution in [-0.4, -0.2) is 12.4 Å². The van der Waals surface area contributed by atoms with Crippen molar-refractivity contribution < 1.29 is 9.47 Å². The van der Waals surface area contributed by atoms with Gasteiger partial charge in [0.2, 0.25) is 0 Å². The molecule has 0 saturated carbocycles. The Morgan fingerprint density at radius 3 is 2.93 bits per heavy atom. The van der Waals surface area contributed by atoms with Gasteiger partial charge >= 0.3 is 0 Å². The van der Waals surface area contributed by atoms with Crippen LogP contribution >= 0.6 is 0 Å². The predicted molar refractivity (Wildman–Crippen MR) is 53.8 cm³/mol. The zero-order valence-electron chi connectivity index (χ0n) is 8.62. The zero-order valence-corrected chi connectivity index (χ0v) is 8.62. The average Bonchev–Trinajstić information content (AvgIpc) is 2.18. The van der Waals surface area contributed by atoms with Gasteiger partial charge in [0, 0.05) is 6.42 Å². The molecule has 1 unspecified atom stereocenters. The first kappa shape index (κ1) is 9.69. The minimum Gasteiger partial charge on any atom is -0.350 e. The van der Waals surface area contributed by atoms with Gasteiger partial charge < -0.3 is 9.47 Å². The van der Waals surface area contributed by atoms with Gasteiger partial charge in [0.05, 0.1) is 12.7 Å². The molecule has 0 N–H and O–H groups in total. The first-order valence-electron chi connectivity index (χ1n) is 4.96. The van der Waals surface area contributed by atoms with Crippen molar-refractivity contribution in [1.29, 1.82) is 0 Å². The van der Waals surface area contributed by atoms with Crippen LogP contribution < -0.4 is 0 Å². The summed E-state index contributed by atoms with van der Waals surface area (Å²) in [5.74, 6) is -0.466. The third-order valence-electron chi connectivity index (χ3n) is 2.34. The first-order chi connectivity index (χ1) is 6.67. The van der Waals surface area contributed by atoms with Gasteiger partial charge in [-0.1, -0.05) is 24.3 Å². The lowest BCUT2D eigenvalue weighted by Crippen LogP contribution is -2.35. The fraction of sp³-hybridized carbons (Fsp3) is 0.500. The molecular weight excluding hydrogens is 176 g/mol. The van der Waals surface area contributed by atoms with E-state index in [2.05, 4.69) is 6.07 Å². The van der Waals surface area contributed by atoms with E-state index in [9.17, 15) is 0 Å². The third kappa shape index (κ3) is 2.14. The van der Waals surface area contributed by atoms with Crippen molar-refractivity contribution in [2.45, 2.75) is 32.2 Å². The van der Waals surface area contributed by atoms with Crippen LogP contribution in [0.5, 0.6) is 0 Å². The molecule has 1 heterocycles. The van der Waals surface area contributed by atoms with E-state index in [4.69, 9.17) is 9.47 Å². The molecule has 1 radical (unpaired) electrons. The van der Waals surface area contributed by atoms with E-state index in [-0.39, 0.29) is 6.10 Å². The Morgan fingerprint density at radius 2 is 2.29 bits per heavy atom. The third-order valence-corrected chi connectivity index (χ3v) is 2.34. The first-order valence-corrected chi connectivity index (χ1v) is 4.96. The normalized spacial score (nSPS) is 26.0. The van der Waals surface area contributed by atoms with E-state index in [0.717, 1.165) is 18.6 Å². The molecule has 1 aliphatic rings. The van der Waals surface area contributed by atoms with E-state index in [1.165, 1.54) is 0 Å². The molecule has 0 spiro atoms. The maximum Gasteiger partial charge on any atom is 0.163 e. The maximum atomic E-state index is 5.81. The van der Waals surface area contributed by atoms with Gasteiger partial charge in [-0.05, 0) is 25.5 Å². The van der Waals surface area contributed by atoms with Crippen molar-refractivity contribution in [3.05, 3.63) is 35.9 Å². The van der Waals surface area contributed by atoms with Gasteiger partial charge in [0.25, 0.3) is 0 Å². The monoisotopic (exact) mass is 191 g/mol. The molecule has 1 aromatic carbocycles. The molecule has 0 bridgehead atoms.